The van der Waals surface area contributed by atoms with Crippen molar-refractivity contribution in [2.75, 3.05) is 6.54 Å². The highest BCUT2D eigenvalue weighted by Gasteiger charge is 2.33. The van der Waals surface area contributed by atoms with Gasteiger partial charge in [-0.05, 0) is 57.7 Å². The summed E-state index contributed by atoms with van der Waals surface area (Å²) in [6.07, 6.45) is 9.16. The van der Waals surface area contributed by atoms with E-state index >= 15 is 0 Å². The normalized spacial score (nSPS) is 21.4. The summed E-state index contributed by atoms with van der Waals surface area (Å²) in [6, 6.07) is 7.18. The molecule has 2 fully saturated rings. The molecule has 2 aromatic heterocycles. The maximum atomic E-state index is 13.5. The zero-order chi connectivity index (χ0) is 17.6. The standard InChI is InChI=1S/C21H29N3O/c1-15-14-18(16(2)24(15)17-10-11-17)21(25)23-13-6-4-5-8-20(23)19-9-7-12-22(19)3/h7,9,12,14,17,20H,4-6,8,10-11,13H2,1-3H3. The molecule has 0 N–H and O–H groups in total. The average molecular weight is 339 g/mol. The third-order valence-electron chi connectivity index (χ3n) is 5.97. The highest BCUT2D eigenvalue weighted by atomic mass is 16.2. The minimum absolute atomic E-state index is 0.194. The van der Waals surface area contributed by atoms with Crippen molar-refractivity contribution < 1.29 is 4.79 Å². The van der Waals surface area contributed by atoms with Crippen LogP contribution >= 0.6 is 0 Å². The molecule has 0 aromatic carbocycles. The number of hydrogen-bond acceptors (Lipinski definition) is 1. The van der Waals surface area contributed by atoms with Gasteiger partial charge in [0.1, 0.15) is 0 Å². The Kier molecular flexibility index (Phi) is 4.22. The van der Waals surface area contributed by atoms with E-state index in [1.165, 1.54) is 37.1 Å². The molecule has 1 atom stereocenters. The molecule has 4 heteroatoms. The first kappa shape index (κ1) is 16.5. The number of carbonyl (C=O) groups is 1. The number of likely N-dealkylation sites (tertiary alicyclic amines) is 1. The van der Waals surface area contributed by atoms with Crippen LogP contribution in [0.3, 0.4) is 0 Å². The van der Waals surface area contributed by atoms with Gasteiger partial charge in [-0.3, -0.25) is 4.79 Å². The van der Waals surface area contributed by atoms with Crippen LogP contribution in [0.4, 0.5) is 0 Å². The summed E-state index contributed by atoms with van der Waals surface area (Å²) in [5.74, 6) is 0.216. The lowest BCUT2D eigenvalue weighted by Crippen LogP contribution is -2.35. The topological polar surface area (TPSA) is 30.2 Å². The van der Waals surface area contributed by atoms with Gasteiger partial charge in [0.05, 0.1) is 11.6 Å². The van der Waals surface area contributed by atoms with Crippen molar-refractivity contribution in [1.82, 2.24) is 14.0 Å². The number of nitrogens with zero attached hydrogens (tertiary/aromatic N) is 3. The predicted octanol–water partition coefficient (Wildman–Crippen LogP) is 4.54. The van der Waals surface area contributed by atoms with Crippen LogP contribution in [0.5, 0.6) is 0 Å². The van der Waals surface area contributed by atoms with Gasteiger partial charge in [0.25, 0.3) is 5.91 Å². The average Bonchev–Trinajstić information content (AvgIpc) is 3.31. The Morgan fingerprint density at radius 3 is 2.60 bits per heavy atom. The van der Waals surface area contributed by atoms with Crippen molar-refractivity contribution >= 4 is 5.91 Å². The van der Waals surface area contributed by atoms with Crippen LogP contribution in [0.15, 0.2) is 24.4 Å². The lowest BCUT2D eigenvalue weighted by atomic mass is 10.1. The lowest BCUT2D eigenvalue weighted by molar-refractivity contribution is 0.0673. The molecule has 2 aliphatic rings. The number of hydrogen-bond donors (Lipinski definition) is 0. The molecule has 0 bridgehead atoms. The molecule has 1 saturated carbocycles. The maximum Gasteiger partial charge on any atom is 0.256 e. The fourth-order valence-corrected chi connectivity index (χ4v) is 4.52. The second kappa shape index (κ2) is 6.40. The molecule has 3 heterocycles. The van der Waals surface area contributed by atoms with Crippen LogP contribution in [0.1, 0.15) is 78.0 Å². The molecule has 25 heavy (non-hydrogen) atoms. The Labute approximate surface area is 150 Å². The van der Waals surface area contributed by atoms with Crippen LogP contribution in [-0.4, -0.2) is 26.5 Å². The smallest absolute Gasteiger partial charge is 0.256 e. The Balaban J connectivity index is 1.69. The van der Waals surface area contributed by atoms with Gasteiger partial charge in [0.2, 0.25) is 0 Å². The molecule has 1 unspecified atom stereocenters. The Hall–Kier alpha value is -1.97. The van der Waals surface area contributed by atoms with Gasteiger partial charge in [-0.1, -0.05) is 12.8 Å². The second-order valence-corrected chi connectivity index (χ2v) is 7.79. The second-order valence-electron chi connectivity index (χ2n) is 7.79. The predicted molar refractivity (Wildman–Crippen MR) is 99.8 cm³/mol. The minimum Gasteiger partial charge on any atom is -0.353 e. The molecule has 4 nitrogen and oxygen atoms in total. The van der Waals surface area contributed by atoms with Crippen LogP contribution in [0, 0.1) is 13.8 Å². The molecule has 1 saturated heterocycles. The summed E-state index contributed by atoms with van der Waals surface area (Å²) in [7, 11) is 2.09. The molecular formula is C21H29N3O. The quantitative estimate of drug-likeness (QED) is 0.807. The number of aromatic nitrogens is 2. The SMILES string of the molecule is Cc1cc(C(=O)N2CCCCCC2c2cccn2C)c(C)n1C1CC1. The molecule has 2 aromatic rings. The van der Waals surface area contributed by atoms with Gasteiger partial charge in [-0.15, -0.1) is 0 Å². The molecular weight excluding hydrogens is 310 g/mol. The highest BCUT2D eigenvalue weighted by molar-refractivity contribution is 5.96. The van der Waals surface area contributed by atoms with Crippen molar-refractivity contribution in [1.29, 1.82) is 0 Å². The van der Waals surface area contributed by atoms with E-state index in [0.717, 1.165) is 30.6 Å². The van der Waals surface area contributed by atoms with Crippen LogP contribution < -0.4 is 0 Å². The number of rotatable bonds is 3. The van der Waals surface area contributed by atoms with Crippen molar-refractivity contribution in [2.24, 2.45) is 7.05 Å². The Bertz CT molecular complexity index is 781. The number of carbonyl (C=O) groups excluding carboxylic acids is 1. The zero-order valence-corrected chi connectivity index (χ0v) is 15.7. The fraction of sp³-hybridized carbons (Fsp3) is 0.571. The molecule has 1 amide bonds. The third kappa shape index (κ3) is 2.92. The van der Waals surface area contributed by atoms with Gasteiger partial charge in [0, 0.05) is 42.9 Å². The molecule has 1 aliphatic heterocycles. The van der Waals surface area contributed by atoms with Gasteiger partial charge < -0.3 is 14.0 Å². The minimum atomic E-state index is 0.194. The molecule has 134 valence electrons. The highest BCUT2D eigenvalue weighted by Crippen LogP contribution is 2.39. The molecule has 0 spiro atoms. The largest absolute Gasteiger partial charge is 0.353 e. The van der Waals surface area contributed by atoms with Gasteiger partial charge >= 0.3 is 0 Å². The summed E-state index contributed by atoms with van der Waals surface area (Å²) in [4.78, 5) is 15.6. The van der Waals surface area contributed by atoms with Crippen LogP contribution in [0.25, 0.3) is 0 Å². The fourth-order valence-electron chi connectivity index (χ4n) is 4.52. The van der Waals surface area contributed by atoms with E-state index in [2.05, 4.69) is 59.3 Å². The zero-order valence-electron chi connectivity index (χ0n) is 15.7. The summed E-state index contributed by atoms with van der Waals surface area (Å²) in [5, 5.41) is 0. The van der Waals surface area contributed by atoms with E-state index in [-0.39, 0.29) is 11.9 Å². The Morgan fingerprint density at radius 2 is 1.92 bits per heavy atom. The monoisotopic (exact) mass is 339 g/mol. The summed E-state index contributed by atoms with van der Waals surface area (Å²) in [6.45, 7) is 5.12. The van der Waals surface area contributed by atoms with Gasteiger partial charge in [-0.25, -0.2) is 0 Å². The number of aryl methyl sites for hydroxylation is 2. The van der Waals surface area contributed by atoms with E-state index in [9.17, 15) is 4.79 Å². The molecule has 0 radical (unpaired) electrons. The van der Waals surface area contributed by atoms with E-state index in [0.29, 0.717) is 6.04 Å². The van der Waals surface area contributed by atoms with E-state index in [4.69, 9.17) is 0 Å². The maximum absolute atomic E-state index is 13.5. The first-order valence-corrected chi connectivity index (χ1v) is 9.68. The van der Waals surface area contributed by atoms with E-state index < -0.39 is 0 Å². The molecule has 1 aliphatic carbocycles. The first-order chi connectivity index (χ1) is 12.1. The van der Waals surface area contributed by atoms with E-state index in [1.807, 2.05) is 0 Å². The third-order valence-corrected chi connectivity index (χ3v) is 5.97. The van der Waals surface area contributed by atoms with Crippen LogP contribution in [-0.2, 0) is 7.05 Å². The van der Waals surface area contributed by atoms with E-state index in [1.54, 1.807) is 0 Å². The van der Waals surface area contributed by atoms with Crippen molar-refractivity contribution in [3.63, 3.8) is 0 Å². The van der Waals surface area contributed by atoms with Gasteiger partial charge in [0.15, 0.2) is 0 Å². The summed E-state index contributed by atoms with van der Waals surface area (Å²) in [5.41, 5.74) is 4.55. The van der Waals surface area contributed by atoms with Crippen molar-refractivity contribution in [3.8, 4) is 0 Å². The van der Waals surface area contributed by atoms with Crippen molar-refractivity contribution in [3.05, 3.63) is 47.0 Å². The molecule has 4 rings (SSSR count). The van der Waals surface area contributed by atoms with Crippen LogP contribution in [0.2, 0.25) is 0 Å². The summed E-state index contributed by atoms with van der Waals surface area (Å²) >= 11 is 0. The van der Waals surface area contributed by atoms with Crippen molar-refractivity contribution in [2.45, 2.75) is 64.5 Å². The van der Waals surface area contributed by atoms with Gasteiger partial charge in [-0.2, -0.15) is 0 Å². The first-order valence-electron chi connectivity index (χ1n) is 9.68. The summed E-state index contributed by atoms with van der Waals surface area (Å²) < 4.78 is 4.55. The Morgan fingerprint density at radius 1 is 1.12 bits per heavy atom. The number of amides is 1. The lowest BCUT2D eigenvalue weighted by Gasteiger charge is -2.30.